The molecule has 4 heteroatoms. The van der Waals surface area contributed by atoms with Gasteiger partial charge in [0.1, 0.15) is 5.60 Å². The molecule has 116 valence electrons. The fraction of sp³-hybridized carbons (Fsp3) is 0.750. The summed E-state index contributed by atoms with van der Waals surface area (Å²) in [6.45, 7) is 11.1. The van der Waals surface area contributed by atoms with E-state index in [1.165, 1.54) is 0 Å². The summed E-state index contributed by atoms with van der Waals surface area (Å²) < 4.78 is 5.46. The van der Waals surface area contributed by atoms with E-state index in [1.54, 1.807) is 18.2 Å². The van der Waals surface area contributed by atoms with Crippen LogP contribution >= 0.6 is 0 Å². The van der Waals surface area contributed by atoms with Crippen molar-refractivity contribution in [2.45, 2.75) is 59.5 Å². The van der Waals surface area contributed by atoms with Crippen molar-refractivity contribution >= 4 is 12.3 Å². The molecule has 0 radical (unpaired) electrons. The van der Waals surface area contributed by atoms with E-state index >= 15 is 0 Å². The van der Waals surface area contributed by atoms with E-state index in [-0.39, 0.29) is 6.09 Å². The van der Waals surface area contributed by atoms with Crippen LogP contribution in [0.3, 0.4) is 0 Å². The molecule has 0 rings (SSSR count). The zero-order chi connectivity index (χ0) is 15.6. The van der Waals surface area contributed by atoms with Gasteiger partial charge in [-0.1, -0.05) is 25.3 Å². The number of rotatable bonds is 7. The predicted octanol–water partition coefficient (Wildman–Crippen LogP) is 4.06. The van der Waals surface area contributed by atoms with Gasteiger partial charge in [0, 0.05) is 26.4 Å². The molecule has 0 aliphatic heterocycles. The van der Waals surface area contributed by atoms with Gasteiger partial charge in [-0.05, 0) is 40.2 Å². The van der Waals surface area contributed by atoms with E-state index in [2.05, 4.69) is 11.9 Å². The Morgan fingerprint density at radius 1 is 1.30 bits per heavy atom. The van der Waals surface area contributed by atoms with Crippen molar-refractivity contribution in [1.82, 2.24) is 4.90 Å². The molecule has 0 spiro atoms. The first kappa shape index (κ1) is 18.7. The largest absolute Gasteiger partial charge is 0.444 e. The van der Waals surface area contributed by atoms with Crippen molar-refractivity contribution in [3.05, 3.63) is 11.6 Å². The van der Waals surface area contributed by atoms with Crippen molar-refractivity contribution in [3.8, 4) is 0 Å². The predicted molar refractivity (Wildman–Crippen MR) is 85.5 cm³/mol. The molecule has 0 saturated carbocycles. The average molecular weight is 282 g/mol. The highest BCUT2D eigenvalue weighted by Gasteiger charge is 2.21. The summed E-state index contributed by atoms with van der Waals surface area (Å²) in [4.78, 5) is 17.9. The third-order valence-electron chi connectivity index (χ3n) is 2.63. The van der Waals surface area contributed by atoms with E-state index in [9.17, 15) is 4.79 Å². The lowest BCUT2D eigenvalue weighted by molar-refractivity contribution is 0.0264. The average Bonchev–Trinajstić information content (AvgIpc) is 2.33. The number of aliphatic imine (C=N–C) groups is 1. The second-order valence-electron chi connectivity index (χ2n) is 6.03. The Labute approximate surface area is 123 Å². The number of hydrogen-bond acceptors (Lipinski definition) is 3. The summed E-state index contributed by atoms with van der Waals surface area (Å²) in [7, 11) is 1.73. The summed E-state index contributed by atoms with van der Waals surface area (Å²) >= 11 is 0. The van der Waals surface area contributed by atoms with Crippen molar-refractivity contribution in [2.75, 3.05) is 20.1 Å². The standard InChI is InChI=1S/C16H30N2O2/c1-7-8-9-12-18(13-14(2)10-11-17-6)15(19)20-16(3,4)5/h10-11H,7-9,12-13H2,1-6H3/b14-10+,17-11?. The second kappa shape index (κ2) is 9.56. The Morgan fingerprint density at radius 3 is 2.45 bits per heavy atom. The van der Waals surface area contributed by atoms with E-state index in [0.717, 1.165) is 31.4 Å². The lowest BCUT2D eigenvalue weighted by atomic mass is 10.2. The van der Waals surface area contributed by atoms with Gasteiger partial charge in [-0.25, -0.2) is 4.79 Å². The molecule has 0 N–H and O–H groups in total. The van der Waals surface area contributed by atoms with Gasteiger partial charge < -0.3 is 9.64 Å². The maximum Gasteiger partial charge on any atom is 0.410 e. The number of unbranched alkanes of at least 4 members (excludes halogenated alkanes) is 2. The number of carbonyl (C=O) groups is 1. The zero-order valence-corrected chi connectivity index (χ0v) is 13.9. The van der Waals surface area contributed by atoms with E-state index < -0.39 is 5.60 Å². The topological polar surface area (TPSA) is 41.9 Å². The molecule has 4 nitrogen and oxygen atoms in total. The molecule has 0 atom stereocenters. The number of allylic oxidation sites excluding steroid dienone is 1. The summed E-state index contributed by atoms with van der Waals surface area (Å²) in [6.07, 6.45) is 6.70. The number of carbonyl (C=O) groups excluding carboxylic acids is 1. The van der Waals surface area contributed by atoms with Crippen molar-refractivity contribution in [2.24, 2.45) is 4.99 Å². The van der Waals surface area contributed by atoms with Crippen LogP contribution in [0, 0.1) is 0 Å². The minimum absolute atomic E-state index is 0.241. The molecule has 1 amide bonds. The highest BCUT2D eigenvalue weighted by atomic mass is 16.6. The van der Waals surface area contributed by atoms with Crippen LogP contribution in [-0.4, -0.2) is 42.9 Å². The SMILES string of the molecule is CCCCCN(C/C(C)=C/C=NC)C(=O)OC(C)(C)C. The molecular weight excluding hydrogens is 252 g/mol. The monoisotopic (exact) mass is 282 g/mol. The molecule has 0 aliphatic carbocycles. The molecule has 0 bridgehead atoms. The highest BCUT2D eigenvalue weighted by molar-refractivity contribution is 5.73. The molecule has 0 saturated heterocycles. The van der Waals surface area contributed by atoms with Crippen LogP contribution in [0.4, 0.5) is 4.79 Å². The summed E-state index contributed by atoms with van der Waals surface area (Å²) in [5.41, 5.74) is 0.640. The van der Waals surface area contributed by atoms with Crippen LogP contribution in [0.1, 0.15) is 53.9 Å². The maximum atomic E-state index is 12.2. The van der Waals surface area contributed by atoms with E-state index in [4.69, 9.17) is 4.74 Å². The fourth-order valence-electron chi connectivity index (χ4n) is 1.67. The minimum atomic E-state index is -0.456. The molecular formula is C16H30N2O2. The van der Waals surface area contributed by atoms with Gasteiger partial charge >= 0.3 is 6.09 Å². The Morgan fingerprint density at radius 2 is 1.95 bits per heavy atom. The Hall–Kier alpha value is -1.32. The Balaban J connectivity index is 4.66. The Kier molecular flexibility index (Phi) is 8.93. The third kappa shape index (κ3) is 9.59. The van der Waals surface area contributed by atoms with Crippen LogP contribution in [-0.2, 0) is 4.74 Å². The Bertz CT molecular complexity index is 341. The van der Waals surface area contributed by atoms with Crippen molar-refractivity contribution < 1.29 is 9.53 Å². The van der Waals surface area contributed by atoms with Crippen LogP contribution in [0.5, 0.6) is 0 Å². The van der Waals surface area contributed by atoms with Gasteiger partial charge in [0.25, 0.3) is 0 Å². The molecule has 0 heterocycles. The van der Waals surface area contributed by atoms with Gasteiger partial charge in [-0.2, -0.15) is 0 Å². The van der Waals surface area contributed by atoms with Gasteiger partial charge in [-0.15, -0.1) is 0 Å². The smallest absolute Gasteiger partial charge is 0.410 e. The van der Waals surface area contributed by atoms with Crippen LogP contribution in [0.25, 0.3) is 0 Å². The summed E-state index contributed by atoms with van der Waals surface area (Å²) in [5, 5.41) is 0. The van der Waals surface area contributed by atoms with E-state index in [0.29, 0.717) is 6.54 Å². The zero-order valence-electron chi connectivity index (χ0n) is 13.9. The highest BCUT2D eigenvalue weighted by Crippen LogP contribution is 2.12. The molecule has 0 fully saturated rings. The van der Waals surface area contributed by atoms with Crippen molar-refractivity contribution in [1.29, 1.82) is 0 Å². The first-order chi connectivity index (χ1) is 9.30. The molecule has 0 aromatic rings. The number of ether oxygens (including phenoxy) is 1. The lowest BCUT2D eigenvalue weighted by Crippen LogP contribution is -2.38. The number of nitrogens with zero attached hydrogens (tertiary/aromatic N) is 2. The minimum Gasteiger partial charge on any atom is -0.444 e. The van der Waals surface area contributed by atoms with Crippen LogP contribution in [0.2, 0.25) is 0 Å². The van der Waals surface area contributed by atoms with E-state index in [1.807, 2.05) is 33.8 Å². The molecule has 0 unspecified atom stereocenters. The number of hydrogen-bond donors (Lipinski definition) is 0. The van der Waals surface area contributed by atoms with Crippen LogP contribution in [0.15, 0.2) is 16.6 Å². The molecule has 0 aliphatic rings. The fourth-order valence-corrected chi connectivity index (χ4v) is 1.67. The maximum absolute atomic E-state index is 12.2. The van der Waals surface area contributed by atoms with Crippen LogP contribution < -0.4 is 0 Å². The molecule has 20 heavy (non-hydrogen) atoms. The summed E-state index contributed by atoms with van der Waals surface area (Å²) in [6, 6.07) is 0. The number of amides is 1. The van der Waals surface area contributed by atoms with Gasteiger partial charge in [0.05, 0.1) is 0 Å². The van der Waals surface area contributed by atoms with Gasteiger partial charge in [0.15, 0.2) is 0 Å². The second-order valence-corrected chi connectivity index (χ2v) is 6.03. The summed E-state index contributed by atoms with van der Waals surface area (Å²) in [5.74, 6) is 0. The molecule has 0 aromatic heterocycles. The van der Waals surface area contributed by atoms with Gasteiger partial charge in [-0.3, -0.25) is 4.99 Å². The first-order valence-corrected chi connectivity index (χ1v) is 7.36. The quantitative estimate of drug-likeness (QED) is 0.522. The lowest BCUT2D eigenvalue weighted by Gasteiger charge is -2.27. The van der Waals surface area contributed by atoms with Gasteiger partial charge in [0.2, 0.25) is 0 Å². The van der Waals surface area contributed by atoms with Crippen molar-refractivity contribution in [3.63, 3.8) is 0 Å². The normalized spacial score (nSPS) is 12.8. The first-order valence-electron chi connectivity index (χ1n) is 7.36. The molecule has 0 aromatic carbocycles. The third-order valence-corrected chi connectivity index (χ3v) is 2.63.